The molecule has 0 N–H and O–H groups in total. The second-order valence-electron chi connectivity index (χ2n) is 14.8. The van der Waals surface area contributed by atoms with Gasteiger partial charge in [0, 0.05) is 18.1 Å². The lowest BCUT2D eigenvalue weighted by molar-refractivity contribution is -0.697. The van der Waals surface area contributed by atoms with Crippen LogP contribution in [0.5, 0.6) is 0 Å². The van der Waals surface area contributed by atoms with Crippen LogP contribution >= 0.6 is 0 Å². The van der Waals surface area contributed by atoms with Crippen LogP contribution in [0, 0.1) is 0 Å². The first-order chi connectivity index (χ1) is 22.3. The highest BCUT2D eigenvalue weighted by Crippen LogP contribution is 2.18. The molecule has 0 saturated heterocycles. The highest BCUT2D eigenvalue weighted by molar-refractivity contribution is 5.21. The van der Waals surface area contributed by atoms with E-state index in [2.05, 4.69) is 43.8 Å². The van der Waals surface area contributed by atoms with Crippen molar-refractivity contribution in [2.24, 2.45) is 0 Å². The molecule has 0 spiro atoms. The van der Waals surface area contributed by atoms with Crippen LogP contribution in [0.3, 0.4) is 0 Å². The maximum atomic E-state index is 2.55. The van der Waals surface area contributed by atoms with Gasteiger partial charge in [-0.15, -0.1) is 0 Å². The van der Waals surface area contributed by atoms with Crippen LogP contribution in [-0.4, -0.2) is 0 Å². The fourth-order valence-corrected chi connectivity index (χ4v) is 7.14. The van der Waals surface area contributed by atoms with Gasteiger partial charge in [-0.2, -0.15) is 0 Å². The largest absolute Gasteiger partial charge is 0.205 e. The van der Waals surface area contributed by atoms with E-state index in [-0.39, 0.29) is 0 Å². The van der Waals surface area contributed by atoms with Crippen molar-refractivity contribution in [2.75, 3.05) is 0 Å². The molecule has 0 unspecified atom stereocenters. The molecule has 264 valence electrons. The summed E-state index contributed by atoms with van der Waals surface area (Å²) in [7, 11) is 0. The Kier molecular flexibility index (Phi) is 32.3. The third-order valence-electron chi connectivity index (χ3n) is 10.3. The zero-order chi connectivity index (χ0) is 32.3. The summed E-state index contributed by atoms with van der Waals surface area (Å²) < 4.78 is 2.52. The van der Waals surface area contributed by atoms with Crippen LogP contribution in [0.25, 0.3) is 0 Å². The van der Waals surface area contributed by atoms with Crippen LogP contribution in [0.1, 0.15) is 244 Å². The number of aryl methyl sites for hydroxylation is 3. The number of pyridine rings is 1. The second kappa shape index (κ2) is 34.5. The van der Waals surface area contributed by atoms with Gasteiger partial charge in [0.05, 0.1) is 0 Å². The summed E-state index contributed by atoms with van der Waals surface area (Å²) in [4.78, 5) is 0. The molecule has 1 nitrogen and oxygen atoms in total. The molecule has 1 aromatic rings. The molecule has 0 atom stereocenters. The third kappa shape index (κ3) is 27.9. The predicted octanol–water partition coefficient (Wildman–Crippen LogP) is 15.0. The Bertz CT molecular complexity index is 709. The Balaban J connectivity index is 2.29. The van der Waals surface area contributed by atoms with Gasteiger partial charge in [-0.05, 0) is 37.7 Å². The second-order valence-corrected chi connectivity index (χ2v) is 14.8. The van der Waals surface area contributed by atoms with E-state index in [9.17, 15) is 0 Å². The molecule has 0 amide bonds. The van der Waals surface area contributed by atoms with Gasteiger partial charge in [0.2, 0.25) is 0 Å². The molecule has 1 rings (SSSR count). The summed E-state index contributed by atoms with van der Waals surface area (Å²) in [6, 6.07) is 2.50. The normalized spacial score (nSPS) is 11.5. The molecule has 0 aliphatic rings. The minimum absolute atomic E-state index is 1.21. The number of hydrogen-bond donors (Lipinski definition) is 0. The Morgan fingerprint density at radius 3 is 0.978 bits per heavy atom. The van der Waals surface area contributed by atoms with Gasteiger partial charge in [0.25, 0.3) is 0 Å². The first-order valence-corrected chi connectivity index (χ1v) is 21.3. The lowest BCUT2D eigenvalue weighted by Crippen LogP contribution is -2.34. The average molecular weight is 627 g/mol. The van der Waals surface area contributed by atoms with Crippen molar-refractivity contribution in [1.82, 2.24) is 0 Å². The molecule has 0 radical (unpaired) electrons. The Morgan fingerprint density at radius 1 is 0.333 bits per heavy atom. The summed E-state index contributed by atoms with van der Waals surface area (Å²) in [6.45, 7) is 8.15. The van der Waals surface area contributed by atoms with Crippen molar-refractivity contribution in [3.05, 3.63) is 29.6 Å². The van der Waals surface area contributed by atoms with Crippen molar-refractivity contribution >= 4 is 0 Å². The van der Waals surface area contributed by atoms with Crippen LogP contribution in [-0.2, 0) is 19.4 Å². The molecule has 0 aromatic carbocycles. The maximum absolute atomic E-state index is 2.55. The van der Waals surface area contributed by atoms with E-state index in [4.69, 9.17) is 0 Å². The van der Waals surface area contributed by atoms with Crippen molar-refractivity contribution in [2.45, 2.75) is 252 Å². The standard InChI is InChI=1S/C44H84N/c1-4-7-10-13-16-18-20-22-24-26-28-31-34-37-43-39-41-45(40-36-33-30-15-12-9-6-3)42-44(43)38-35-32-29-27-25-23-21-19-17-14-11-8-5-2/h39,41-42H,4-38,40H2,1-3H3/q+1. The monoisotopic (exact) mass is 627 g/mol. The van der Waals surface area contributed by atoms with Crippen LogP contribution < -0.4 is 4.57 Å². The first-order valence-electron chi connectivity index (χ1n) is 21.3. The molecule has 0 fully saturated rings. The molecule has 1 heterocycles. The van der Waals surface area contributed by atoms with Gasteiger partial charge in [0.1, 0.15) is 6.54 Å². The molecule has 0 bridgehead atoms. The lowest BCUT2D eigenvalue weighted by atomic mass is 9.97. The van der Waals surface area contributed by atoms with E-state index in [0.29, 0.717) is 0 Å². The van der Waals surface area contributed by atoms with Crippen LogP contribution in [0.15, 0.2) is 18.5 Å². The average Bonchev–Trinajstić information content (AvgIpc) is 3.05. The lowest BCUT2D eigenvalue weighted by Gasteiger charge is -2.10. The number of hydrogen-bond acceptors (Lipinski definition) is 0. The van der Waals surface area contributed by atoms with Crippen LogP contribution in [0.4, 0.5) is 0 Å². The summed E-state index contributed by atoms with van der Waals surface area (Å²) >= 11 is 0. The smallest absolute Gasteiger partial charge is 0.172 e. The third-order valence-corrected chi connectivity index (χ3v) is 10.3. The minimum atomic E-state index is 1.21. The van der Waals surface area contributed by atoms with E-state index in [1.807, 2.05) is 0 Å². The molecule has 1 heteroatoms. The van der Waals surface area contributed by atoms with E-state index in [1.54, 1.807) is 11.1 Å². The van der Waals surface area contributed by atoms with Gasteiger partial charge < -0.3 is 0 Å². The van der Waals surface area contributed by atoms with Crippen molar-refractivity contribution in [3.63, 3.8) is 0 Å². The first kappa shape index (κ1) is 42.2. The molecule has 0 aliphatic carbocycles. The fourth-order valence-electron chi connectivity index (χ4n) is 7.14. The molecule has 0 aliphatic heterocycles. The molecular formula is C44H84N+. The van der Waals surface area contributed by atoms with Crippen LogP contribution in [0.2, 0.25) is 0 Å². The molecule has 1 aromatic heterocycles. The van der Waals surface area contributed by atoms with Gasteiger partial charge in [-0.25, -0.2) is 4.57 Å². The Hall–Kier alpha value is -0.850. The summed E-state index contributed by atoms with van der Waals surface area (Å²) in [5.41, 5.74) is 3.33. The molecule has 45 heavy (non-hydrogen) atoms. The minimum Gasteiger partial charge on any atom is -0.205 e. The number of nitrogens with zero attached hydrogens (tertiary/aromatic N) is 1. The van der Waals surface area contributed by atoms with Gasteiger partial charge in [-0.1, -0.05) is 207 Å². The summed E-state index contributed by atoms with van der Waals surface area (Å²) in [6.07, 6.45) is 54.8. The summed E-state index contributed by atoms with van der Waals surface area (Å²) in [5.74, 6) is 0. The van der Waals surface area contributed by atoms with E-state index >= 15 is 0 Å². The maximum Gasteiger partial charge on any atom is 0.172 e. The Labute approximate surface area is 285 Å². The highest BCUT2D eigenvalue weighted by atomic mass is 14.9. The van der Waals surface area contributed by atoms with E-state index < -0.39 is 0 Å². The van der Waals surface area contributed by atoms with Gasteiger partial charge in [-0.3, -0.25) is 0 Å². The number of unbranched alkanes of at least 4 members (excludes halogenated alkanes) is 30. The topological polar surface area (TPSA) is 3.88 Å². The van der Waals surface area contributed by atoms with E-state index in [1.165, 1.54) is 231 Å². The SMILES string of the molecule is CCCCCCCCCCCCCCCc1cc[n+](CCCCCCCCC)cc1CCCCCCCCCCCCCCC. The Morgan fingerprint density at radius 2 is 0.622 bits per heavy atom. The zero-order valence-electron chi connectivity index (χ0n) is 31.6. The highest BCUT2D eigenvalue weighted by Gasteiger charge is 2.10. The quantitative estimate of drug-likeness (QED) is 0.0515. The molecule has 0 saturated carbocycles. The fraction of sp³-hybridized carbons (Fsp3) is 0.886. The molecular weight excluding hydrogens is 542 g/mol. The number of rotatable bonds is 36. The predicted molar refractivity (Wildman–Crippen MR) is 203 cm³/mol. The van der Waals surface area contributed by atoms with Crippen molar-refractivity contribution in [1.29, 1.82) is 0 Å². The van der Waals surface area contributed by atoms with Gasteiger partial charge >= 0.3 is 0 Å². The summed E-state index contributed by atoms with van der Waals surface area (Å²) in [5, 5.41) is 0. The number of aromatic nitrogens is 1. The van der Waals surface area contributed by atoms with Crippen molar-refractivity contribution in [3.8, 4) is 0 Å². The zero-order valence-corrected chi connectivity index (χ0v) is 31.6. The van der Waals surface area contributed by atoms with E-state index in [0.717, 1.165) is 0 Å². The van der Waals surface area contributed by atoms with Gasteiger partial charge in [0.15, 0.2) is 12.4 Å². The van der Waals surface area contributed by atoms with Crippen molar-refractivity contribution < 1.29 is 4.57 Å².